The zero-order valence-corrected chi connectivity index (χ0v) is 13.0. The Hall–Kier alpha value is -0.576. The van der Waals surface area contributed by atoms with Gasteiger partial charge in [0.2, 0.25) is 0 Å². The summed E-state index contributed by atoms with van der Waals surface area (Å²) in [5.41, 5.74) is 1.42. The zero-order valence-electron chi connectivity index (χ0n) is 11.4. The summed E-state index contributed by atoms with van der Waals surface area (Å²) in [6.45, 7) is 2.18. The van der Waals surface area contributed by atoms with E-state index in [1.807, 2.05) is 0 Å². The van der Waals surface area contributed by atoms with Crippen LogP contribution in [0, 0.1) is 0 Å². The standard InChI is InChI=1S/C11H11.3CH3O.Ti/c1-2-9-6-7-10-4-3-5-11(10)8-9;3*1-2;/h3-8H,2H2,1H3;3*1H3;/q4*-1;+4. The molecule has 0 aliphatic heterocycles. The summed E-state index contributed by atoms with van der Waals surface area (Å²) in [5.74, 6) is 0. The quantitative estimate of drug-likeness (QED) is 0.549. The fraction of sp³-hybridized carbons (Fsp3) is 0.357. The fourth-order valence-electron chi connectivity index (χ4n) is 1.40. The molecule has 0 aliphatic rings. The summed E-state index contributed by atoms with van der Waals surface area (Å²) in [6.07, 6.45) is 1.13. The van der Waals surface area contributed by atoms with Gasteiger partial charge in [0.1, 0.15) is 0 Å². The molecule has 0 spiro atoms. The van der Waals surface area contributed by atoms with Crippen molar-refractivity contribution in [2.75, 3.05) is 21.3 Å². The van der Waals surface area contributed by atoms with E-state index >= 15 is 0 Å². The monoisotopic (exact) mass is 284 g/mol. The Morgan fingerprint density at radius 1 is 0.944 bits per heavy atom. The van der Waals surface area contributed by atoms with Gasteiger partial charge in [0.15, 0.2) is 0 Å². The molecule has 0 amide bonds. The molecular formula is C14H20O3Ti. The molecule has 0 saturated carbocycles. The van der Waals surface area contributed by atoms with Crippen LogP contribution < -0.4 is 15.3 Å². The van der Waals surface area contributed by atoms with E-state index in [1.54, 1.807) is 0 Å². The van der Waals surface area contributed by atoms with Crippen LogP contribution in [0.4, 0.5) is 0 Å². The summed E-state index contributed by atoms with van der Waals surface area (Å²) < 4.78 is 0. The second-order valence-corrected chi connectivity index (χ2v) is 2.84. The van der Waals surface area contributed by atoms with E-state index < -0.39 is 0 Å². The van der Waals surface area contributed by atoms with Crippen LogP contribution in [-0.2, 0) is 28.1 Å². The van der Waals surface area contributed by atoms with Gasteiger partial charge < -0.3 is 15.3 Å². The van der Waals surface area contributed by atoms with Crippen molar-refractivity contribution >= 4 is 10.8 Å². The van der Waals surface area contributed by atoms with Crippen LogP contribution >= 0.6 is 0 Å². The van der Waals surface area contributed by atoms with Gasteiger partial charge in [-0.05, 0) is 6.42 Å². The van der Waals surface area contributed by atoms with E-state index in [9.17, 15) is 0 Å². The van der Waals surface area contributed by atoms with E-state index in [0.717, 1.165) is 27.8 Å². The van der Waals surface area contributed by atoms with Gasteiger partial charge in [-0.15, -0.1) is 29.7 Å². The third-order valence-corrected chi connectivity index (χ3v) is 2.11. The molecule has 0 aromatic heterocycles. The maximum absolute atomic E-state index is 8.25. The van der Waals surface area contributed by atoms with Gasteiger partial charge in [0, 0.05) is 0 Å². The number of benzene rings is 1. The molecule has 3 nitrogen and oxygen atoms in total. The topological polar surface area (TPSA) is 69.2 Å². The molecule has 0 heterocycles. The number of fused-ring (bicyclic) bond motifs is 1. The van der Waals surface area contributed by atoms with Crippen molar-refractivity contribution in [2.24, 2.45) is 0 Å². The molecule has 4 heteroatoms. The Bertz CT molecular complexity index is 372. The van der Waals surface area contributed by atoms with Crippen LogP contribution in [0.25, 0.3) is 10.8 Å². The first-order valence-corrected chi connectivity index (χ1v) is 5.27. The Labute approximate surface area is 124 Å². The molecular weight excluding hydrogens is 264 g/mol. The van der Waals surface area contributed by atoms with Crippen LogP contribution in [0.5, 0.6) is 0 Å². The predicted octanol–water partition coefficient (Wildman–Crippen LogP) is 0.0481. The molecule has 2 aromatic rings. The van der Waals surface area contributed by atoms with Gasteiger partial charge in [-0.1, -0.05) is 12.5 Å². The molecule has 0 fully saturated rings. The second kappa shape index (κ2) is 16.4. The van der Waals surface area contributed by atoms with Gasteiger partial charge in [0.25, 0.3) is 0 Å². The third-order valence-electron chi connectivity index (χ3n) is 2.11. The molecule has 0 aliphatic carbocycles. The smallest absolute Gasteiger partial charge is 0.857 e. The number of rotatable bonds is 1. The van der Waals surface area contributed by atoms with Crippen molar-refractivity contribution in [3.63, 3.8) is 0 Å². The molecule has 0 bridgehead atoms. The van der Waals surface area contributed by atoms with Crippen LogP contribution in [0.15, 0.2) is 36.4 Å². The van der Waals surface area contributed by atoms with Crippen LogP contribution in [-0.4, -0.2) is 21.3 Å². The van der Waals surface area contributed by atoms with E-state index in [0.29, 0.717) is 0 Å². The molecule has 2 rings (SSSR count). The first kappa shape index (κ1) is 22.6. The Morgan fingerprint density at radius 2 is 1.50 bits per heavy atom. The van der Waals surface area contributed by atoms with Crippen molar-refractivity contribution in [3.05, 3.63) is 42.0 Å². The van der Waals surface area contributed by atoms with Crippen molar-refractivity contribution in [2.45, 2.75) is 13.3 Å². The van der Waals surface area contributed by atoms with Gasteiger partial charge in [-0.3, -0.25) is 0 Å². The van der Waals surface area contributed by atoms with E-state index in [-0.39, 0.29) is 21.7 Å². The van der Waals surface area contributed by atoms with Crippen LogP contribution in [0.3, 0.4) is 0 Å². The summed E-state index contributed by atoms with van der Waals surface area (Å²) in [5, 5.41) is 27.5. The minimum atomic E-state index is 0. The normalized spacial score (nSPS) is 7.50. The van der Waals surface area contributed by atoms with Crippen molar-refractivity contribution in [3.8, 4) is 0 Å². The largest absolute Gasteiger partial charge is 4.00 e. The maximum atomic E-state index is 8.25. The van der Waals surface area contributed by atoms with Crippen molar-refractivity contribution in [1.29, 1.82) is 0 Å². The summed E-state index contributed by atoms with van der Waals surface area (Å²) in [7, 11) is 2.25. The number of aryl methyl sites for hydroxylation is 1. The van der Waals surface area contributed by atoms with Gasteiger partial charge in [-0.2, -0.15) is 38.8 Å². The number of hydrogen-bond donors (Lipinski definition) is 0. The summed E-state index contributed by atoms with van der Waals surface area (Å²) >= 11 is 0. The van der Waals surface area contributed by atoms with Crippen LogP contribution in [0.1, 0.15) is 12.5 Å². The minimum Gasteiger partial charge on any atom is -0.857 e. The molecule has 2 aromatic carbocycles. The number of hydrogen-bond acceptors (Lipinski definition) is 3. The van der Waals surface area contributed by atoms with Crippen molar-refractivity contribution in [1.82, 2.24) is 0 Å². The van der Waals surface area contributed by atoms with E-state index in [2.05, 4.69) is 43.3 Å². The molecule has 0 atom stereocenters. The minimum absolute atomic E-state index is 0. The van der Waals surface area contributed by atoms with Gasteiger partial charge in [0.05, 0.1) is 0 Å². The molecule has 0 radical (unpaired) electrons. The SMILES string of the molecule is CCc1ccc2[cH-]ccc2c1.C[O-].C[O-].C[O-].[Ti+4]. The molecule has 0 unspecified atom stereocenters. The second-order valence-electron chi connectivity index (χ2n) is 2.84. The first-order valence-electron chi connectivity index (χ1n) is 5.27. The zero-order chi connectivity index (χ0) is 13.7. The Balaban J connectivity index is -0.000000285. The molecule has 0 N–H and O–H groups in total. The molecule has 0 saturated heterocycles. The Morgan fingerprint density at radius 3 is 2.00 bits per heavy atom. The molecule has 98 valence electrons. The van der Waals surface area contributed by atoms with Gasteiger partial charge >= 0.3 is 21.7 Å². The summed E-state index contributed by atoms with van der Waals surface area (Å²) in [6, 6.07) is 13.1. The summed E-state index contributed by atoms with van der Waals surface area (Å²) in [4.78, 5) is 0. The van der Waals surface area contributed by atoms with Crippen LogP contribution in [0.2, 0.25) is 0 Å². The molecule has 18 heavy (non-hydrogen) atoms. The van der Waals surface area contributed by atoms with Gasteiger partial charge in [-0.25, -0.2) is 0 Å². The average Bonchev–Trinajstić information content (AvgIpc) is 2.92. The first-order chi connectivity index (χ1) is 8.40. The van der Waals surface area contributed by atoms with E-state index in [4.69, 9.17) is 15.3 Å². The van der Waals surface area contributed by atoms with Crippen molar-refractivity contribution < 1.29 is 37.0 Å². The maximum Gasteiger partial charge on any atom is 4.00 e. The predicted molar refractivity (Wildman–Crippen MR) is 66.7 cm³/mol. The third kappa shape index (κ3) is 7.69. The fourth-order valence-corrected chi connectivity index (χ4v) is 1.40. The Kier molecular flexibility index (Phi) is 20.6. The average molecular weight is 284 g/mol. The van der Waals surface area contributed by atoms with E-state index in [1.165, 1.54) is 16.3 Å².